The van der Waals surface area contributed by atoms with Gasteiger partial charge in [-0.15, -0.1) is 0 Å². The van der Waals surface area contributed by atoms with Gasteiger partial charge in [-0.3, -0.25) is 4.79 Å². The summed E-state index contributed by atoms with van der Waals surface area (Å²) in [5.41, 5.74) is 0.705. The molecule has 0 radical (unpaired) electrons. The zero-order chi connectivity index (χ0) is 11.7. The Morgan fingerprint density at radius 1 is 1.44 bits per heavy atom. The number of fused-ring (bicyclic) bond motifs is 1. The van der Waals surface area contributed by atoms with Gasteiger partial charge in [0.2, 0.25) is 5.78 Å². The van der Waals surface area contributed by atoms with Crippen LogP contribution in [-0.2, 0) is 0 Å². The molecule has 0 saturated heterocycles. The van der Waals surface area contributed by atoms with Crippen molar-refractivity contribution in [2.24, 2.45) is 5.92 Å². The number of carbonyl (C=O) groups excluding carboxylic acids is 1. The summed E-state index contributed by atoms with van der Waals surface area (Å²) in [5.74, 6) is 0.470. The molecule has 16 heavy (non-hydrogen) atoms. The van der Waals surface area contributed by atoms with E-state index in [1.54, 1.807) is 24.3 Å². The SMILES string of the molecule is CC[C@@H](C)C(=O)c1cc2cc(Cl)ccc2o1. The molecule has 1 atom stereocenters. The van der Waals surface area contributed by atoms with Crippen LogP contribution < -0.4 is 0 Å². The third-order valence-corrected chi connectivity index (χ3v) is 3.02. The highest BCUT2D eigenvalue weighted by Crippen LogP contribution is 2.24. The molecule has 0 spiro atoms. The molecule has 1 heterocycles. The molecule has 0 aliphatic rings. The Morgan fingerprint density at radius 2 is 2.19 bits per heavy atom. The molecule has 0 aliphatic carbocycles. The molecule has 3 heteroatoms. The van der Waals surface area contributed by atoms with Crippen molar-refractivity contribution in [1.29, 1.82) is 0 Å². The van der Waals surface area contributed by atoms with E-state index < -0.39 is 0 Å². The molecule has 0 saturated carbocycles. The minimum absolute atomic E-state index is 0.00367. The Hall–Kier alpha value is -1.28. The summed E-state index contributed by atoms with van der Waals surface area (Å²) < 4.78 is 5.50. The number of Topliss-reactive ketones (excluding diaryl/α,β-unsaturated/α-hetero) is 1. The summed E-state index contributed by atoms with van der Waals surface area (Å²) in [6.45, 7) is 3.89. The van der Waals surface area contributed by atoms with Gasteiger partial charge in [0.1, 0.15) is 5.58 Å². The van der Waals surface area contributed by atoms with Crippen LogP contribution in [0.5, 0.6) is 0 Å². The number of furan rings is 1. The summed E-state index contributed by atoms with van der Waals surface area (Å²) in [6, 6.07) is 7.10. The molecule has 0 aliphatic heterocycles. The summed E-state index contributed by atoms with van der Waals surface area (Å²) >= 11 is 5.87. The van der Waals surface area contributed by atoms with E-state index in [0.717, 1.165) is 11.8 Å². The van der Waals surface area contributed by atoms with Crippen LogP contribution in [0.3, 0.4) is 0 Å². The third kappa shape index (κ3) is 1.98. The van der Waals surface area contributed by atoms with Gasteiger partial charge in [-0.25, -0.2) is 0 Å². The molecule has 2 rings (SSSR count). The quantitative estimate of drug-likeness (QED) is 0.743. The molecule has 0 N–H and O–H groups in total. The van der Waals surface area contributed by atoms with Crippen molar-refractivity contribution in [1.82, 2.24) is 0 Å². The van der Waals surface area contributed by atoms with E-state index in [9.17, 15) is 4.79 Å². The molecule has 84 valence electrons. The van der Waals surface area contributed by atoms with Crippen molar-refractivity contribution >= 4 is 28.4 Å². The Kier molecular flexibility index (Phi) is 3.01. The standard InChI is InChI=1S/C13H13ClO2/c1-3-8(2)13(15)12-7-9-6-10(14)4-5-11(9)16-12/h4-8H,3H2,1-2H3/t8-/m1/s1. The number of ketones is 1. The molecule has 0 unspecified atom stereocenters. The fourth-order valence-corrected chi connectivity index (χ4v) is 1.74. The molecular weight excluding hydrogens is 224 g/mol. The maximum absolute atomic E-state index is 11.9. The highest BCUT2D eigenvalue weighted by atomic mass is 35.5. The van der Waals surface area contributed by atoms with Gasteiger partial charge in [0.25, 0.3) is 0 Å². The molecule has 2 nitrogen and oxygen atoms in total. The second-order valence-corrected chi connectivity index (χ2v) is 4.40. The lowest BCUT2D eigenvalue weighted by Crippen LogP contribution is -2.08. The minimum atomic E-state index is -0.00367. The fraction of sp³-hybridized carbons (Fsp3) is 0.308. The first-order valence-corrected chi connectivity index (χ1v) is 5.73. The monoisotopic (exact) mass is 236 g/mol. The van der Waals surface area contributed by atoms with Crippen molar-refractivity contribution in [3.8, 4) is 0 Å². The largest absolute Gasteiger partial charge is 0.453 e. The second-order valence-electron chi connectivity index (χ2n) is 3.97. The maximum Gasteiger partial charge on any atom is 0.200 e. The Bertz CT molecular complexity index is 528. The number of carbonyl (C=O) groups is 1. The van der Waals surface area contributed by atoms with E-state index in [2.05, 4.69) is 0 Å². The Balaban J connectivity index is 2.43. The molecule has 2 aromatic rings. The Labute approximate surface area is 99.2 Å². The van der Waals surface area contributed by atoms with Gasteiger partial charge in [-0.05, 0) is 30.7 Å². The van der Waals surface area contributed by atoms with Crippen molar-refractivity contribution in [3.63, 3.8) is 0 Å². The van der Waals surface area contributed by atoms with Crippen LogP contribution in [0.1, 0.15) is 30.8 Å². The smallest absolute Gasteiger partial charge is 0.200 e. The summed E-state index contributed by atoms with van der Waals surface area (Å²) in [5, 5.41) is 1.52. The molecule has 0 bridgehead atoms. The lowest BCUT2D eigenvalue weighted by atomic mass is 10.0. The number of benzene rings is 1. The molecule has 0 fully saturated rings. The van der Waals surface area contributed by atoms with Crippen molar-refractivity contribution < 1.29 is 9.21 Å². The number of hydrogen-bond acceptors (Lipinski definition) is 2. The zero-order valence-corrected chi connectivity index (χ0v) is 10.0. The van der Waals surface area contributed by atoms with Crippen LogP contribution >= 0.6 is 11.6 Å². The minimum Gasteiger partial charge on any atom is -0.453 e. The van der Waals surface area contributed by atoms with Crippen LogP contribution in [0.4, 0.5) is 0 Å². The van der Waals surface area contributed by atoms with Crippen LogP contribution in [0.15, 0.2) is 28.7 Å². The van der Waals surface area contributed by atoms with Crippen molar-refractivity contribution in [2.45, 2.75) is 20.3 Å². The summed E-state index contributed by atoms with van der Waals surface area (Å²) in [4.78, 5) is 11.9. The predicted octanol–water partition coefficient (Wildman–Crippen LogP) is 4.32. The highest BCUT2D eigenvalue weighted by Gasteiger charge is 2.17. The molecule has 1 aromatic carbocycles. The van der Waals surface area contributed by atoms with Gasteiger partial charge in [0.05, 0.1) is 0 Å². The highest BCUT2D eigenvalue weighted by molar-refractivity contribution is 6.31. The summed E-state index contributed by atoms with van der Waals surface area (Å²) in [7, 11) is 0. The van der Waals surface area contributed by atoms with Gasteiger partial charge in [-0.1, -0.05) is 25.4 Å². The van der Waals surface area contributed by atoms with Crippen molar-refractivity contribution in [2.75, 3.05) is 0 Å². The lowest BCUT2D eigenvalue weighted by Gasteiger charge is -2.02. The van der Waals surface area contributed by atoms with E-state index in [0.29, 0.717) is 16.4 Å². The average Bonchev–Trinajstić information content (AvgIpc) is 2.69. The number of halogens is 1. The van der Waals surface area contributed by atoms with E-state index >= 15 is 0 Å². The van der Waals surface area contributed by atoms with Gasteiger partial charge < -0.3 is 4.42 Å². The maximum atomic E-state index is 11.9. The van der Waals surface area contributed by atoms with Crippen LogP contribution in [0.2, 0.25) is 5.02 Å². The third-order valence-electron chi connectivity index (χ3n) is 2.78. The number of rotatable bonds is 3. The van der Waals surface area contributed by atoms with Crippen LogP contribution in [0.25, 0.3) is 11.0 Å². The topological polar surface area (TPSA) is 30.2 Å². The van der Waals surface area contributed by atoms with E-state index in [1.807, 2.05) is 13.8 Å². The van der Waals surface area contributed by atoms with E-state index in [4.69, 9.17) is 16.0 Å². The predicted molar refractivity (Wildman–Crippen MR) is 65.0 cm³/mol. The van der Waals surface area contributed by atoms with Gasteiger partial charge in [0.15, 0.2) is 5.76 Å². The average molecular weight is 237 g/mol. The fourth-order valence-electron chi connectivity index (χ4n) is 1.56. The first kappa shape index (κ1) is 11.2. The normalized spacial score (nSPS) is 12.9. The molecular formula is C13H13ClO2. The van der Waals surface area contributed by atoms with E-state index in [-0.39, 0.29) is 11.7 Å². The lowest BCUT2D eigenvalue weighted by molar-refractivity contribution is 0.0901. The van der Waals surface area contributed by atoms with Crippen LogP contribution in [-0.4, -0.2) is 5.78 Å². The molecule has 1 aromatic heterocycles. The van der Waals surface area contributed by atoms with Crippen molar-refractivity contribution in [3.05, 3.63) is 35.0 Å². The van der Waals surface area contributed by atoms with E-state index in [1.165, 1.54) is 0 Å². The second kappa shape index (κ2) is 4.30. The van der Waals surface area contributed by atoms with Crippen LogP contribution in [0, 0.1) is 5.92 Å². The van der Waals surface area contributed by atoms with Gasteiger partial charge in [-0.2, -0.15) is 0 Å². The van der Waals surface area contributed by atoms with Gasteiger partial charge >= 0.3 is 0 Å². The van der Waals surface area contributed by atoms with Gasteiger partial charge in [0, 0.05) is 16.3 Å². The molecule has 0 amide bonds. The first-order valence-electron chi connectivity index (χ1n) is 5.35. The Morgan fingerprint density at radius 3 is 2.88 bits per heavy atom. The zero-order valence-electron chi connectivity index (χ0n) is 9.29. The number of hydrogen-bond donors (Lipinski definition) is 0. The first-order chi connectivity index (χ1) is 7.61. The summed E-state index contributed by atoms with van der Waals surface area (Å²) in [6.07, 6.45) is 0.816.